The van der Waals surface area contributed by atoms with E-state index in [9.17, 15) is 4.79 Å². The Balaban J connectivity index is 1.84. The number of aliphatic hydroxyl groups is 1. The van der Waals surface area contributed by atoms with Gasteiger partial charge in [0, 0.05) is 30.7 Å². The highest BCUT2D eigenvalue weighted by molar-refractivity contribution is 7.99. The van der Waals surface area contributed by atoms with Gasteiger partial charge in [-0.05, 0) is 36.8 Å². The first-order valence-electron chi connectivity index (χ1n) is 7.98. The Morgan fingerprint density at radius 2 is 1.83 bits per heavy atom. The van der Waals surface area contributed by atoms with Gasteiger partial charge in [-0.1, -0.05) is 30.3 Å². The lowest BCUT2D eigenvalue weighted by atomic mass is 10.2. The van der Waals surface area contributed by atoms with Gasteiger partial charge in [0.25, 0.3) is 0 Å². The van der Waals surface area contributed by atoms with Crippen molar-refractivity contribution in [1.82, 2.24) is 0 Å². The van der Waals surface area contributed by atoms with Crippen LogP contribution in [0.25, 0.3) is 0 Å². The molecule has 0 aliphatic carbocycles. The number of benzene rings is 2. The van der Waals surface area contributed by atoms with E-state index in [0.717, 1.165) is 17.1 Å². The molecule has 1 unspecified atom stereocenters. The van der Waals surface area contributed by atoms with Crippen LogP contribution in [0.1, 0.15) is 12.5 Å². The smallest absolute Gasteiger partial charge is 0.237 e. The molecule has 0 aliphatic heterocycles. The van der Waals surface area contributed by atoms with Gasteiger partial charge in [-0.25, -0.2) is 0 Å². The summed E-state index contributed by atoms with van der Waals surface area (Å²) in [6.07, 6.45) is 0. The summed E-state index contributed by atoms with van der Waals surface area (Å²) in [4.78, 5) is 14.2. The zero-order valence-electron chi connectivity index (χ0n) is 14.1. The van der Waals surface area contributed by atoms with E-state index in [0.29, 0.717) is 6.54 Å². The number of hydrogen-bond acceptors (Lipinski definition) is 4. The van der Waals surface area contributed by atoms with Gasteiger partial charge in [-0.3, -0.25) is 4.79 Å². The standard InChI is InChI=1S/C19H24N2O2S/c1-15(24-14-16-6-4-3-5-7-16)19(23)20-17-8-10-18(11-9-17)21(2)12-13-22/h3-11,15,22H,12-14H2,1-2H3,(H,20,23). The highest BCUT2D eigenvalue weighted by atomic mass is 32.2. The molecule has 2 aromatic rings. The van der Waals surface area contributed by atoms with Gasteiger partial charge in [-0.2, -0.15) is 0 Å². The normalized spacial score (nSPS) is 11.8. The number of likely N-dealkylation sites (N-methyl/N-ethyl adjacent to an activating group) is 1. The van der Waals surface area contributed by atoms with Crippen LogP contribution in [0.2, 0.25) is 0 Å². The molecule has 24 heavy (non-hydrogen) atoms. The van der Waals surface area contributed by atoms with Crippen LogP contribution in [0.15, 0.2) is 54.6 Å². The summed E-state index contributed by atoms with van der Waals surface area (Å²) < 4.78 is 0. The van der Waals surface area contributed by atoms with Gasteiger partial charge in [0.15, 0.2) is 0 Å². The molecule has 2 aromatic carbocycles. The first kappa shape index (κ1) is 18.4. The quantitative estimate of drug-likeness (QED) is 0.771. The van der Waals surface area contributed by atoms with Crippen molar-refractivity contribution in [3.05, 3.63) is 60.2 Å². The number of carbonyl (C=O) groups excluding carboxylic acids is 1. The summed E-state index contributed by atoms with van der Waals surface area (Å²) in [5.41, 5.74) is 3.01. The zero-order valence-corrected chi connectivity index (χ0v) is 14.9. The minimum absolute atomic E-state index is 0.00685. The summed E-state index contributed by atoms with van der Waals surface area (Å²) in [6, 6.07) is 17.8. The molecule has 0 radical (unpaired) electrons. The van der Waals surface area contributed by atoms with Crippen molar-refractivity contribution in [2.24, 2.45) is 0 Å². The predicted molar refractivity (Wildman–Crippen MR) is 103 cm³/mol. The highest BCUT2D eigenvalue weighted by Crippen LogP contribution is 2.21. The molecule has 0 aromatic heterocycles. The van der Waals surface area contributed by atoms with Crippen LogP contribution >= 0.6 is 11.8 Å². The summed E-state index contributed by atoms with van der Waals surface area (Å²) >= 11 is 1.62. The van der Waals surface area contributed by atoms with Gasteiger partial charge in [0.2, 0.25) is 5.91 Å². The Labute approximate surface area is 147 Å². The van der Waals surface area contributed by atoms with Crippen LogP contribution in [0.3, 0.4) is 0 Å². The lowest BCUT2D eigenvalue weighted by molar-refractivity contribution is -0.115. The van der Waals surface area contributed by atoms with Gasteiger partial charge in [-0.15, -0.1) is 11.8 Å². The average molecular weight is 344 g/mol. The maximum absolute atomic E-state index is 12.3. The van der Waals surface area contributed by atoms with Gasteiger partial charge in [0.05, 0.1) is 11.9 Å². The van der Waals surface area contributed by atoms with Crippen LogP contribution in [0.4, 0.5) is 11.4 Å². The highest BCUT2D eigenvalue weighted by Gasteiger charge is 2.13. The van der Waals surface area contributed by atoms with E-state index in [2.05, 4.69) is 17.4 Å². The van der Waals surface area contributed by atoms with Gasteiger partial charge < -0.3 is 15.3 Å². The summed E-state index contributed by atoms with van der Waals surface area (Å²) in [6.45, 7) is 2.62. The maximum Gasteiger partial charge on any atom is 0.237 e. The maximum atomic E-state index is 12.3. The Morgan fingerprint density at radius 3 is 2.46 bits per heavy atom. The number of nitrogens with one attached hydrogen (secondary N) is 1. The van der Waals surface area contributed by atoms with Crippen molar-refractivity contribution < 1.29 is 9.90 Å². The van der Waals surface area contributed by atoms with Crippen LogP contribution in [-0.4, -0.2) is 36.5 Å². The number of amides is 1. The Kier molecular flexibility index (Phi) is 7.15. The van der Waals surface area contributed by atoms with E-state index in [4.69, 9.17) is 5.11 Å². The predicted octanol–water partition coefficient (Wildman–Crippen LogP) is 3.38. The van der Waals surface area contributed by atoms with E-state index < -0.39 is 0 Å². The third kappa shape index (κ3) is 5.58. The van der Waals surface area contributed by atoms with Gasteiger partial charge in [0.1, 0.15) is 0 Å². The molecule has 5 heteroatoms. The number of anilines is 2. The first-order chi connectivity index (χ1) is 11.6. The molecule has 0 aliphatic rings. The average Bonchev–Trinajstić information content (AvgIpc) is 2.61. The van der Waals surface area contributed by atoms with Gasteiger partial charge >= 0.3 is 0 Å². The molecule has 128 valence electrons. The largest absolute Gasteiger partial charge is 0.395 e. The monoisotopic (exact) mass is 344 g/mol. The van der Waals surface area contributed by atoms with Crippen molar-refractivity contribution in [2.75, 3.05) is 30.4 Å². The SMILES string of the molecule is CC(SCc1ccccc1)C(=O)Nc1ccc(N(C)CCO)cc1. The second-order valence-corrected chi connectivity index (χ2v) is 6.95. The Bertz CT molecular complexity index is 632. The molecular weight excluding hydrogens is 320 g/mol. The summed E-state index contributed by atoms with van der Waals surface area (Å²) in [5.74, 6) is 0.827. The molecule has 0 fully saturated rings. The number of thioether (sulfide) groups is 1. The van der Waals surface area contributed by atoms with E-state index >= 15 is 0 Å². The molecule has 0 heterocycles. The molecule has 1 amide bonds. The summed E-state index contributed by atoms with van der Waals surface area (Å²) in [7, 11) is 1.92. The number of hydrogen-bond donors (Lipinski definition) is 2. The molecule has 1 atom stereocenters. The minimum atomic E-state index is -0.123. The fraction of sp³-hybridized carbons (Fsp3) is 0.316. The minimum Gasteiger partial charge on any atom is -0.395 e. The Morgan fingerprint density at radius 1 is 1.17 bits per heavy atom. The number of nitrogens with zero attached hydrogens (tertiary/aromatic N) is 1. The second kappa shape index (κ2) is 9.35. The number of carbonyl (C=O) groups is 1. The van der Waals surface area contributed by atoms with Crippen LogP contribution in [0, 0.1) is 0 Å². The molecule has 2 rings (SSSR count). The third-order valence-electron chi connectivity index (χ3n) is 3.72. The first-order valence-corrected chi connectivity index (χ1v) is 9.03. The number of rotatable bonds is 8. The van der Waals surface area contributed by atoms with Crippen molar-refractivity contribution in [2.45, 2.75) is 17.9 Å². The molecule has 2 N–H and O–H groups in total. The lowest BCUT2D eigenvalue weighted by Gasteiger charge is -2.18. The van der Waals surface area contributed by atoms with E-state index in [1.54, 1.807) is 11.8 Å². The molecule has 0 spiro atoms. The molecular formula is C19H24N2O2S. The van der Waals surface area contributed by atoms with E-state index in [-0.39, 0.29) is 17.8 Å². The van der Waals surface area contributed by atoms with E-state index in [1.165, 1.54) is 5.56 Å². The van der Waals surface area contributed by atoms with Crippen molar-refractivity contribution in [3.63, 3.8) is 0 Å². The van der Waals surface area contributed by atoms with Crippen LogP contribution in [0.5, 0.6) is 0 Å². The fourth-order valence-electron chi connectivity index (χ4n) is 2.19. The number of aliphatic hydroxyl groups excluding tert-OH is 1. The van der Waals surface area contributed by atoms with Crippen LogP contribution < -0.4 is 10.2 Å². The molecule has 0 saturated carbocycles. The molecule has 0 saturated heterocycles. The zero-order chi connectivity index (χ0) is 17.4. The molecule has 4 nitrogen and oxygen atoms in total. The Hall–Kier alpha value is -1.98. The molecule has 0 bridgehead atoms. The second-order valence-electron chi connectivity index (χ2n) is 5.62. The third-order valence-corrected chi connectivity index (χ3v) is 4.94. The topological polar surface area (TPSA) is 52.6 Å². The van der Waals surface area contributed by atoms with Crippen molar-refractivity contribution in [3.8, 4) is 0 Å². The lowest BCUT2D eigenvalue weighted by Crippen LogP contribution is -2.23. The van der Waals surface area contributed by atoms with E-state index in [1.807, 2.05) is 61.3 Å². The summed E-state index contributed by atoms with van der Waals surface area (Å²) in [5, 5.41) is 11.8. The van der Waals surface area contributed by atoms with Crippen molar-refractivity contribution in [1.29, 1.82) is 0 Å². The fourth-order valence-corrected chi connectivity index (χ4v) is 3.04. The van der Waals surface area contributed by atoms with Crippen molar-refractivity contribution >= 4 is 29.0 Å². The van der Waals surface area contributed by atoms with Crippen LogP contribution in [-0.2, 0) is 10.5 Å².